The van der Waals surface area contributed by atoms with E-state index < -0.39 is 5.97 Å². The number of likely N-dealkylation sites (tertiary alicyclic amines) is 1. The molecule has 2 aliphatic rings. The zero-order valence-corrected chi connectivity index (χ0v) is 15.2. The van der Waals surface area contributed by atoms with Crippen molar-refractivity contribution in [2.24, 2.45) is 5.92 Å². The van der Waals surface area contributed by atoms with Gasteiger partial charge >= 0.3 is 12.0 Å². The molecule has 1 fully saturated rings. The molecule has 2 aliphatic heterocycles. The molecule has 0 spiro atoms. The van der Waals surface area contributed by atoms with E-state index in [0.29, 0.717) is 23.9 Å². The third-order valence-electron chi connectivity index (χ3n) is 4.79. The molecule has 24 heavy (non-hydrogen) atoms. The van der Waals surface area contributed by atoms with Crippen molar-refractivity contribution < 1.29 is 19.4 Å². The van der Waals surface area contributed by atoms with Crippen molar-refractivity contribution in [3.05, 3.63) is 16.0 Å². The maximum atomic E-state index is 12.5. The summed E-state index contributed by atoms with van der Waals surface area (Å²) in [5.74, 6) is -0.357. The normalized spacial score (nSPS) is 20.5. The zero-order valence-electron chi connectivity index (χ0n) is 14.3. The summed E-state index contributed by atoms with van der Waals surface area (Å²) in [5, 5.41) is 12.9. The van der Waals surface area contributed by atoms with E-state index >= 15 is 0 Å². The maximum absolute atomic E-state index is 12.5. The number of nitrogens with one attached hydrogen (secondary N) is 1. The Labute approximate surface area is 145 Å². The number of ether oxygens (including phenoxy) is 1. The molecule has 3 rings (SSSR count). The summed E-state index contributed by atoms with van der Waals surface area (Å²) >= 11 is 1.32. The minimum Gasteiger partial charge on any atom is -0.478 e. The Balaban J connectivity index is 1.82. The summed E-state index contributed by atoms with van der Waals surface area (Å²) in [4.78, 5) is 26.9. The number of thiophene rings is 1. The topological polar surface area (TPSA) is 78.9 Å². The number of rotatable bonds is 2. The van der Waals surface area contributed by atoms with E-state index in [9.17, 15) is 14.7 Å². The van der Waals surface area contributed by atoms with Crippen molar-refractivity contribution in [2.45, 2.75) is 52.2 Å². The average molecular weight is 352 g/mol. The minimum absolute atomic E-state index is 0.205. The van der Waals surface area contributed by atoms with E-state index in [-0.39, 0.29) is 17.2 Å². The number of anilines is 1. The first-order chi connectivity index (χ1) is 11.3. The van der Waals surface area contributed by atoms with Crippen LogP contribution in [0.1, 0.15) is 54.4 Å². The van der Waals surface area contributed by atoms with Crippen LogP contribution >= 0.6 is 11.3 Å². The fourth-order valence-electron chi connectivity index (χ4n) is 3.26. The van der Waals surface area contributed by atoms with Crippen LogP contribution in [0.25, 0.3) is 0 Å². The highest BCUT2D eigenvalue weighted by Crippen LogP contribution is 2.40. The molecule has 0 unspecified atom stereocenters. The fourth-order valence-corrected chi connectivity index (χ4v) is 4.37. The second-order valence-corrected chi connectivity index (χ2v) is 8.44. The smallest absolute Gasteiger partial charge is 0.339 e. The molecule has 0 radical (unpaired) electrons. The van der Waals surface area contributed by atoms with Gasteiger partial charge in [-0.2, -0.15) is 0 Å². The average Bonchev–Trinajstić information content (AvgIpc) is 2.83. The summed E-state index contributed by atoms with van der Waals surface area (Å²) in [6, 6.07) is -0.205. The number of aromatic carboxylic acids is 1. The monoisotopic (exact) mass is 352 g/mol. The van der Waals surface area contributed by atoms with Crippen LogP contribution in [0.15, 0.2) is 0 Å². The van der Waals surface area contributed by atoms with Gasteiger partial charge in [0.25, 0.3) is 0 Å². The number of carboxylic acids is 1. The molecular weight excluding hydrogens is 328 g/mol. The lowest BCUT2D eigenvalue weighted by Crippen LogP contribution is -2.40. The first-order valence-corrected chi connectivity index (χ1v) is 9.16. The Kier molecular flexibility index (Phi) is 4.57. The van der Waals surface area contributed by atoms with E-state index in [1.807, 2.05) is 13.8 Å². The van der Waals surface area contributed by atoms with Crippen LogP contribution in [0.3, 0.4) is 0 Å². The quantitative estimate of drug-likeness (QED) is 0.853. The lowest BCUT2D eigenvalue weighted by Gasteiger charge is -2.30. The van der Waals surface area contributed by atoms with Crippen LogP contribution in [0.5, 0.6) is 0 Å². The predicted molar refractivity (Wildman–Crippen MR) is 92.8 cm³/mol. The number of urea groups is 1. The molecule has 1 aromatic rings. The van der Waals surface area contributed by atoms with Gasteiger partial charge in [-0.1, -0.05) is 6.92 Å². The first-order valence-electron chi connectivity index (χ1n) is 8.34. The number of amides is 2. The predicted octanol–water partition coefficient (Wildman–Crippen LogP) is 3.56. The molecular formula is C17H24N2O4S. The van der Waals surface area contributed by atoms with Crippen molar-refractivity contribution in [1.82, 2.24) is 4.90 Å². The lowest BCUT2D eigenvalue weighted by molar-refractivity contribution is -0.0384. The summed E-state index contributed by atoms with van der Waals surface area (Å²) in [5.41, 5.74) is 0.638. The lowest BCUT2D eigenvalue weighted by atomic mass is 9.93. The highest BCUT2D eigenvalue weighted by atomic mass is 32.1. The molecule has 132 valence electrons. The minimum atomic E-state index is -0.993. The van der Waals surface area contributed by atoms with Crippen LogP contribution in [-0.4, -0.2) is 40.7 Å². The largest absolute Gasteiger partial charge is 0.478 e. The Bertz CT molecular complexity index is 660. The Morgan fingerprint density at radius 1 is 1.33 bits per heavy atom. The van der Waals surface area contributed by atoms with Crippen molar-refractivity contribution in [1.29, 1.82) is 0 Å². The Hall–Kier alpha value is -1.60. The molecule has 0 aliphatic carbocycles. The molecule has 0 atom stereocenters. The number of piperidine rings is 1. The van der Waals surface area contributed by atoms with Crippen LogP contribution in [-0.2, 0) is 17.8 Å². The van der Waals surface area contributed by atoms with E-state index in [1.165, 1.54) is 11.3 Å². The van der Waals surface area contributed by atoms with E-state index in [1.54, 1.807) is 4.90 Å². The zero-order chi connectivity index (χ0) is 17.5. The standard InChI is InChI=1S/C17H24N2O4S/c1-10-4-6-19(7-5-10)16(22)18-14-13(15(20)21)11-8-17(2,3)23-9-12(11)24-14/h10H,4-9H2,1-3H3,(H,18,22)(H,20,21). The van der Waals surface area contributed by atoms with Gasteiger partial charge in [0, 0.05) is 24.4 Å². The number of fused-ring (bicyclic) bond motifs is 1. The number of carboxylic acid groups (broad SMARTS) is 1. The molecule has 2 N–H and O–H groups in total. The second-order valence-electron chi connectivity index (χ2n) is 7.34. The molecule has 6 nitrogen and oxygen atoms in total. The first kappa shape index (κ1) is 17.2. The molecule has 2 amide bonds. The van der Waals surface area contributed by atoms with Gasteiger partial charge in [0.2, 0.25) is 0 Å². The number of carbonyl (C=O) groups excluding carboxylic acids is 1. The molecule has 0 bridgehead atoms. The van der Waals surface area contributed by atoms with Gasteiger partial charge in [0.1, 0.15) is 5.00 Å². The SMILES string of the molecule is CC1CCN(C(=O)Nc2sc3c(c2C(=O)O)CC(C)(C)OC3)CC1. The van der Waals surface area contributed by atoms with Gasteiger partial charge in [-0.05, 0) is 38.2 Å². The third kappa shape index (κ3) is 3.42. The summed E-state index contributed by atoms with van der Waals surface area (Å²) in [7, 11) is 0. The van der Waals surface area contributed by atoms with Crippen LogP contribution in [0.2, 0.25) is 0 Å². The van der Waals surface area contributed by atoms with E-state index in [2.05, 4.69) is 12.2 Å². The van der Waals surface area contributed by atoms with Crippen molar-refractivity contribution in [2.75, 3.05) is 18.4 Å². The molecule has 0 saturated carbocycles. The summed E-state index contributed by atoms with van der Waals surface area (Å²) < 4.78 is 5.77. The van der Waals surface area contributed by atoms with Gasteiger partial charge in [-0.15, -0.1) is 11.3 Å². The highest BCUT2D eigenvalue weighted by molar-refractivity contribution is 7.17. The van der Waals surface area contributed by atoms with Gasteiger partial charge in [-0.25, -0.2) is 9.59 Å². The van der Waals surface area contributed by atoms with Crippen molar-refractivity contribution in [3.8, 4) is 0 Å². The van der Waals surface area contributed by atoms with E-state index in [0.717, 1.165) is 36.4 Å². The van der Waals surface area contributed by atoms with Gasteiger partial charge in [0.05, 0.1) is 17.8 Å². The Morgan fingerprint density at radius 3 is 2.62 bits per heavy atom. The highest BCUT2D eigenvalue weighted by Gasteiger charge is 2.34. The van der Waals surface area contributed by atoms with Crippen molar-refractivity contribution in [3.63, 3.8) is 0 Å². The Morgan fingerprint density at radius 2 is 2.00 bits per heavy atom. The molecule has 0 aromatic carbocycles. The summed E-state index contributed by atoms with van der Waals surface area (Å²) in [6.07, 6.45) is 2.52. The number of carbonyl (C=O) groups is 2. The number of hydrogen-bond donors (Lipinski definition) is 2. The van der Waals surface area contributed by atoms with Gasteiger partial charge in [0.15, 0.2) is 0 Å². The number of nitrogens with zero attached hydrogens (tertiary/aromatic N) is 1. The van der Waals surface area contributed by atoms with Crippen LogP contribution < -0.4 is 5.32 Å². The van der Waals surface area contributed by atoms with Crippen LogP contribution in [0, 0.1) is 5.92 Å². The molecule has 7 heteroatoms. The maximum Gasteiger partial charge on any atom is 0.339 e. The van der Waals surface area contributed by atoms with Gasteiger partial charge < -0.3 is 14.7 Å². The number of hydrogen-bond acceptors (Lipinski definition) is 4. The molecule has 1 aromatic heterocycles. The third-order valence-corrected chi connectivity index (χ3v) is 5.91. The van der Waals surface area contributed by atoms with E-state index in [4.69, 9.17) is 4.74 Å². The second kappa shape index (κ2) is 6.37. The van der Waals surface area contributed by atoms with Gasteiger partial charge in [-0.3, -0.25) is 5.32 Å². The van der Waals surface area contributed by atoms with Crippen molar-refractivity contribution >= 4 is 28.3 Å². The summed E-state index contributed by atoms with van der Waals surface area (Å²) in [6.45, 7) is 7.92. The molecule has 1 saturated heterocycles. The molecule has 3 heterocycles. The van der Waals surface area contributed by atoms with Crippen LogP contribution in [0.4, 0.5) is 9.80 Å². The fraction of sp³-hybridized carbons (Fsp3) is 0.647.